The molecular weight excluding hydrogens is 247 g/mol. The molecule has 104 valence electrons. The van der Waals surface area contributed by atoms with Crippen LogP contribution in [0.4, 0.5) is 13.2 Å². The minimum Gasteiger partial charge on any atom is -0.339 e. The number of alkyl halides is 3. The molecule has 0 aromatic carbocycles. The average molecular weight is 265 g/mol. The van der Waals surface area contributed by atoms with E-state index in [2.05, 4.69) is 10.1 Å². The lowest BCUT2D eigenvalue weighted by molar-refractivity contribution is -0.128. The van der Waals surface area contributed by atoms with Crippen LogP contribution < -0.4 is 5.73 Å². The monoisotopic (exact) mass is 265 g/mol. The number of nitrogens with two attached hydrogens (primary N) is 1. The highest BCUT2D eigenvalue weighted by Gasteiger charge is 2.30. The molecular formula is C11H18F3N3O. The maximum absolute atomic E-state index is 12.1. The van der Waals surface area contributed by atoms with Crippen molar-refractivity contribution in [3.05, 3.63) is 11.7 Å². The van der Waals surface area contributed by atoms with E-state index in [1.807, 2.05) is 13.8 Å². The summed E-state index contributed by atoms with van der Waals surface area (Å²) in [6, 6.07) is 0. The molecule has 2 N–H and O–H groups in total. The van der Waals surface area contributed by atoms with Crippen LogP contribution in [-0.4, -0.2) is 22.9 Å². The maximum Gasteiger partial charge on any atom is 0.396 e. The first kappa shape index (κ1) is 14.9. The zero-order chi connectivity index (χ0) is 13.8. The van der Waals surface area contributed by atoms with E-state index >= 15 is 0 Å². The minimum atomic E-state index is -4.31. The number of hydrogen-bond acceptors (Lipinski definition) is 4. The van der Waals surface area contributed by atoms with E-state index in [0.717, 1.165) is 12.8 Å². The lowest BCUT2D eigenvalue weighted by atomic mass is 9.84. The molecule has 0 saturated heterocycles. The van der Waals surface area contributed by atoms with Crippen LogP contribution in [0, 0.1) is 5.41 Å². The van der Waals surface area contributed by atoms with Gasteiger partial charge in [-0.2, -0.15) is 18.2 Å². The molecule has 0 aliphatic rings. The van der Waals surface area contributed by atoms with Gasteiger partial charge in [0.15, 0.2) is 5.82 Å². The topological polar surface area (TPSA) is 64.9 Å². The van der Waals surface area contributed by atoms with Crippen LogP contribution in [0.1, 0.15) is 38.4 Å². The van der Waals surface area contributed by atoms with E-state index in [1.165, 1.54) is 0 Å². The lowest BCUT2D eigenvalue weighted by Crippen LogP contribution is -2.18. The Morgan fingerprint density at radius 3 is 2.44 bits per heavy atom. The molecule has 0 bridgehead atoms. The molecule has 0 fully saturated rings. The highest BCUT2D eigenvalue weighted by molar-refractivity contribution is 4.89. The standard InChI is InChI=1S/C11H18F3N3O/c1-10(2,5-6-15)4-3-9-16-8(17-18-9)7-11(12,13)14/h3-7,15H2,1-2H3. The van der Waals surface area contributed by atoms with Crippen LogP contribution in [0.3, 0.4) is 0 Å². The second-order valence-electron chi connectivity index (χ2n) is 5.10. The average Bonchev–Trinajstić information content (AvgIpc) is 2.60. The van der Waals surface area contributed by atoms with Gasteiger partial charge >= 0.3 is 6.18 Å². The van der Waals surface area contributed by atoms with Gasteiger partial charge in [-0.3, -0.25) is 0 Å². The SMILES string of the molecule is CC(C)(CCN)CCc1nc(CC(F)(F)F)no1. The summed E-state index contributed by atoms with van der Waals surface area (Å²) < 4.78 is 41.1. The molecule has 0 amide bonds. The number of rotatable bonds is 6. The number of aryl methyl sites for hydroxylation is 1. The molecule has 1 heterocycles. The predicted molar refractivity (Wildman–Crippen MR) is 59.8 cm³/mol. The van der Waals surface area contributed by atoms with Crippen LogP contribution >= 0.6 is 0 Å². The Hall–Kier alpha value is -1.11. The summed E-state index contributed by atoms with van der Waals surface area (Å²) in [7, 11) is 0. The van der Waals surface area contributed by atoms with Gasteiger partial charge in [-0.25, -0.2) is 0 Å². The molecule has 1 rings (SSSR count). The van der Waals surface area contributed by atoms with Gasteiger partial charge in [0.05, 0.1) is 0 Å². The second kappa shape index (κ2) is 5.69. The predicted octanol–water partition coefficient (Wildman–Crippen LogP) is 2.48. The van der Waals surface area contributed by atoms with Crippen molar-refractivity contribution in [3.63, 3.8) is 0 Å². The Bertz CT molecular complexity index is 374. The smallest absolute Gasteiger partial charge is 0.339 e. The molecule has 7 heteroatoms. The van der Waals surface area contributed by atoms with Crippen LogP contribution in [0.2, 0.25) is 0 Å². The van der Waals surface area contributed by atoms with Gasteiger partial charge in [0, 0.05) is 6.42 Å². The van der Waals surface area contributed by atoms with Gasteiger partial charge in [-0.1, -0.05) is 19.0 Å². The summed E-state index contributed by atoms with van der Waals surface area (Å²) >= 11 is 0. The number of hydrogen-bond donors (Lipinski definition) is 1. The van der Waals surface area contributed by atoms with E-state index < -0.39 is 12.6 Å². The first-order valence-electron chi connectivity index (χ1n) is 5.80. The highest BCUT2D eigenvalue weighted by Crippen LogP contribution is 2.26. The minimum absolute atomic E-state index is 0.0212. The molecule has 1 aromatic rings. The molecule has 0 unspecified atom stereocenters. The van der Waals surface area contributed by atoms with Crippen molar-refractivity contribution in [1.29, 1.82) is 0 Å². The summed E-state index contributed by atoms with van der Waals surface area (Å²) in [5.41, 5.74) is 5.50. The first-order valence-corrected chi connectivity index (χ1v) is 5.80. The Morgan fingerprint density at radius 2 is 1.89 bits per heavy atom. The van der Waals surface area contributed by atoms with Crippen molar-refractivity contribution in [2.24, 2.45) is 11.1 Å². The zero-order valence-corrected chi connectivity index (χ0v) is 10.5. The summed E-state index contributed by atoms with van der Waals surface area (Å²) in [6.07, 6.45) is -3.39. The van der Waals surface area contributed by atoms with Gasteiger partial charge < -0.3 is 10.3 Å². The molecule has 0 aliphatic carbocycles. The fourth-order valence-corrected chi connectivity index (χ4v) is 1.60. The van der Waals surface area contributed by atoms with Gasteiger partial charge in [0.2, 0.25) is 5.89 Å². The molecule has 18 heavy (non-hydrogen) atoms. The molecule has 0 atom stereocenters. The van der Waals surface area contributed by atoms with E-state index in [-0.39, 0.29) is 17.1 Å². The summed E-state index contributed by atoms with van der Waals surface area (Å²) in [5.74, 6) is -0.0616. The largest absolute Gasteiger partial charge is 0.396 e. The molecule has 0 radical (unpaired) electrons. The van der Waals surface area contributed by atoms with Crippen LogP contribution in [0.15, 0.2) is 4.52 Å². The van der Waals surface area contributed by atoms with E-state index in [4.69, 9.17) is 10.3 Å². The fourth-order valence-electron chi connectivity index (χ4n) is 1.60. The fraction of sp³-hybridized carbons (Fsp3) is 0.818. The molecule has 0 spiro atoms. The van der Waals surface area contributed by atoms with Gasteiger partial charge in [-0.05, 0) is 24.8 Å². The van der Waals surface area contributed by atoms with Crippen molar-refractivity contribution in [3.8, 4) is 0 Å². The molecule has 1 aromatic heterocycles. The van der Waals surface area contributed by atoms with E-state index in [1.54, 1.807) is 0 Å². The Balaban J connectivity index is 2.49. The second-order valence-corrected chi connectivity index (χ2v) is 5.10. The third-order valence-electron chi connectivity index (χ3n) is 2.71. The van der Waals surface area contributed by atoms with E-state index in [9.17, 15) is 13.2 Å². The van der Waals surface area contributed by atoms with Gasteiger partial charge in [0.1, 0.15) is 6.42 Å². The summed E-state index contributed by atoms with van der Waals surface area (Å²) in [6.45, 7) is 4.68. The Morgan fingerprint density at radius 1 is 1.22 bits per heavy atom. The first-order chi connectivity index (χ1) is 8.22. The van der Waals surface area contributed by atoms with Gasteiger partial charge in [-0.15, -0.1) is 0 Å². The number of halogens is 3. The third-order valence-corrected chi connectivity index (χ3v) is 2.71. The number of nitrogens with zero attached hydrogens (tertiary/aromatic N) is 2. The quantitative estimate of drug-likeness (QED) is 0.858. The number of aromatic nitrogens is 2. The molecule has 4 nitrogen and oxygen atoms in total. The van der Waals surface area contributed by atoms with Crippen LogP contribution in [-0.2, 0) is 12.8 Å². The van der Waals surface area contributed by atoms with Gasteiger partial charge in [0.25, 0.3) is 0 Å². The normalized spacial score (nSPS) is 13.0. The van der Waals surface area contributed by atoms with Crippen LogP contribution in [0.5, 0.6) is 0 Å². The van der Waals surface area contributed by atoms with Crippen molar-refractivity contribution in [1.82, 2.24) is 10.1 Å². The summed E-state index contributed by atoms with van der Waals surface area (Å²) in [4.78, 5) is 3.73. The van der Waals surface area contributed by atoms with E-state index in [0.29, 0.717) is 13.0 Å². The highest BCUT2D eigenvalue weighted by atomic mass is 19.4. The Kier molecular flexibility index (Phi) is 4.72. The van der Waals surface area contributed by atoms with Crippen molar-refractivity contribution < 1.29 is 17.7 Å². The van der Waals surface area contributed by atoms with Crippen molar-refractivity contribution >= 4 is 0 Å². The summed E-state index contributed by atoms with van der Waals surface area (Å²) in [5, 5.41) is 3.32. The van der Waals surface area contributed by atoms with Crippen molar-refractivity contribution in [2.45, 2.75) is 45.7 Å². The zero-order valence-electron chi connectivity index (χ0n) is 10.5. The maximum atomic E-state index is 12.1. The Labute approximate surface area is 104 Å². The molecule has 0 aliphatic heterocycles. The van der Waals surface area contributed by atoms with Crippen molar-refractivity contribution in [2.75, 3.05) is 6.54 Å². The lowest BCUT2D eigenvalue weighted by Gasteiger charge is -2.22. The van der Waals surface area contributed by atoms with Crippen LogP contribution in [0.25, 0.3) is 0 Å². The molecule has 0 saturated carbocycles. The third kappa shape index (κ3) is 5.48.